The predicted molar refractivity (Wildman–Crippen MR) is 213 cm³/mol. The molecule has 3 fully saturated rings. The van der Waals surface area contributed by atoms with Gasteiger partial charge in [0.2, 0.25) is 11.8 Å². The van der Waals surface area contributed by atoms with Gasteiger partial charge in [-0.25, -0.2) is 18.3 Å². The number of halogens is 2. The first kappa shape index (κ1) is 41.4. The number of rotatable bonds is 16. The summed E-state index contributed by atoms with van der Waals surface area (Å²) in [5, 5.41) is 16.9. The molecule has 3 N–H and O–H groups in total. The van der Waals surface area contributed by atoms with Crippen molar-refractivity contribution < 1.29 is 33.1 Å². The fraction of sp³-hybridized carbons (Fsp3) is 0.488. The molecular weight excluding hydrogens is 733 g/mol. The van der Waals surface area contributed by atoms with Gasteiger partial charge in [-0.2, -0.15) is 5.10 Å². The molecule has 3 saturated heterocycles. The average molecular weight is 786 g/mol. The van der Waals surface area contributed by atoms with Crippen LogP contribution in [0, 0.1) is 11.6 Å². The van der Waals surface area contributed by atoms with Crippen molar-refractivity contribution >= 4 is 41.2 Å². The van der Waals surface area contributed by atoms with Crippen molar-refractivity contribution in [3.05, 3.63) is 89.2 Å². The van der Waals surface area contributed by atoms with Gasteiger partial charge in [0, 0.05) is 36.8 Å². The van der Waals surface area contributed by atoms with Gasteiger partial charge in [-0.3, -0.25) is 24.5 Å². The summed E-state index contributed by atoms with van der Waals surface area (Å²) in [6.45, 7) is 3.80. The number of benzene rings is 2. The van der Waals surface area contributed by atoms with E-state index in [-0.39, 0.29) is 36.2 Å². The number of hydrogen-bond acceptors (Lipinski definition) is 9. The van der Waals surface area contributed by atoms with Gasteiger partial charge in [0.05, 0.1) is 17.8 Å². The second-order valence-electron chi connectivity index (χ2n) is 15.3. The number of amides is 2. The van der Waals surface area contributed by atoms with Crippen LogP contribution in [0.1, 0.15) is 123 Å². The minimum Gasteiger partial charge on any atom is -0.483 e. The van der Waals surface area contributed by atoms with Crippen molar-refractivity contribution in [2.45, 2.75) is 108 Å². The van der Waals surface area contributed by atoms with E-state index in [0.29, 0.717) is 60.7 Å². The van der Waals surface area contributed by atoms with E-state index in [1.165, 1.54) is 43.4 Å². The van der Waals surface area contributed by atoms with E-state index in [4.69, 9.17) is 14.9 Å². The molecule has 0 saturated carbocycles. The largest absolute Gasteiger partial charge is 0.483 e. The molecule has 7 rings (SSSR count). The van der Waals surface area contributed by atoms with Crippen molar-refractivity contribution in [3.63, 3.8) is 0 Å². The normalized spacial score (nSPS) is 18.9. The van der Waals surface area contributed by atoms with E-state index in [9.17, 15) is 23.2 Å². The number of carboxylic acid groups (broad SMARTS) is 1. The van der Waals surface area contributed by atoms with Crippen LogP contribution in [0.2, 0.25) is 0 Å². The van der Waals surface area contributed by atoms with Crippen molar-refractivity contribution in [2.75, 3.05) is 36.4 Å². The molecule has 2 aromatic carbocycles. The molecule has 2 amide bonds. The molecule has 1 unspecified atom stereocenters. The third kappa shape index (κ3) is 11.0. The molecule has 0 radical (unpaired) electrons. The first-order chi connectivity index (χ1) is 27.7. The highest BCUT2D eigenvalue weighted by Gasteiger charge is 2.31. The van der Waals surface area contributed by atoms with Gasteiger partial charge in [-0.1, -0.05) is 44.2 Å². The number of aromatic nitrogens is 3. The highest BCUT2D eigenvalue weighted by Crippen LogP contribution is 2.37. The van der Waals surface area contributed by atoms with Crippen LogP contribution in [0.5, 0.6) is 0 Å². The lowest BCUT2D eigenvalue weighted by atomic mass is 9.89. The van der Waals surface area contributed by atoms with Crippen molar-refractivity contribution in [1.29, 1.82) is 0 Å². The Balaban J connectivity index is 0.00000177. The topological polar surface area (TPSA) is 149 Å². The number of carbonyl (C=O) groups is 4. The summed E-state index contributed by atoms with van der Waals surface area (Å²) in [5.74, 6) is -0.106. The highest BCUT2D eigenvalue weighted by molar-refractivity contribution is 6.02. The second-order valence-corrected chi connectivity index (χ2v) is 15.3. The van der Waals surface area contributed by atoms with Crippen LogP contribution >= 0.6 is 0 Å². The minimum atomic E-state index is -0.459. The van der Waals surface area contributed by atoms with Gasteiger partial charge in [0.1, 0.15) is 23.5 Å². The summed E-state index contributed by atoms with van der Waals surface area (Å²) in [6.07, 6.45) is 16.3. The zero-order valence-corrected chi connectivity index (χ0v) is 32.4. The number of imide groups is 1. The van der Waals surface area contributed by atoms with E-state index in [2.05, 4.69) is 32.8 Å². The number of nitrogens with zero attached hydrogens (tertiary/aromatic N) is 5. The van der Waals surface area contributed by atoms with Crippen LogP contribution in [0.3, 0.4) is 0 Å². The number of carbonyl (C=O) groups excluding carboxylic acids is 3. The second kappa shape index (κ2) is 20.3. The Morgan fingerprint density at radius 1 is 0.912 bits per heavy atom. The van der Waals surface area contributed by atoms with Crippen LogP contribution in [0.15, 0.2) is 60.9 Å². The third-order valence-corrected chi connectivity index (χ3v) is 11.4. The maximum atomic E-state index is 14.6. The molecule has 0 spiro atoms. The van der Waals surface area contributed by atoms with Gasteiger partial charge in [0.15, 0.2) is 11.4 Å². The van der Waals surface area contributed by atoms with Crippen LogP contribution in [-0.2, 0) is 14.4 Å². The lowest BCUT2D eigenvalue weighted by molar-refractivity contribution is -0.133. The Bertz CT molecular complexity index is 1980. The highest BCUT2D eigenvalue weighted by atomic mass is 19.1. The molecule has 2 aromatic heterocycles. The Hall–Kier alpha value is -5.24. The third-order valence-electron chi connectivity index (χ3n) is 11.4. The number of nitrogens with one attached hydrogen (secondary N) is 2. The molecular formula is C43H53F2N7O5. The van der Waals surface area contributed by atoms with E-state index in [0.717, 1.165) is 69.9 Å². The number of hydrogen-bond donors (Lipinski definition) is 3. The average Bonchev–Trinajstić information content (AvgIpc) is 3.88. The monoisotopic (exact) mass is 785 g/mol. The molecule has 14 heteroatoms. The maximum absolute atomic E-state index is 14.6. The maximum Gasteiger partial charge on any atom is 0.290 e. The lowest BCUT2D eigenvalue weighted by Gasteiger charge is -2.32. The van der Waals surface area contributed by atoms with Gasteiger partial charge in [0.25, 0.3) is 6.47 Å². The Labute approximate surface area is 332 Å². The standard InChI is InChI=1S/C42H51F2N7O3.CH2O2/c43-31-13-16-35(44)33(27-31)37-9-8-23-50(37)39-21-26-51-41(47-39)34(28-45-51)38(52)10-6-4-2-1-3-5-7-22-49-24-19-30(20-25-49)29-11-14-32(15-12-29)46-36-17-18-40(53)48-42(36)54;2-1-3/h11-16,21,26-28,30,36-37,46H,1-10,17-20,22-25H2,(H,48,53,54);1H,(H,2,3)/t36?,37-;/m1./s1. The minimum absolute atomic E-state index is 0.0337. The van der Waals surface area contributed by atoms with E-state index < -0.39 is 11.6 Å². The predicted octanol–water partition coefficient (Wildman–Crippen LogP) is 7.45. The Morgan fingerprint density at radius 2 is 1.63 bits per heavy atom. The summed E-state index contributed by atoms with van der Waals surface area (Å²) in [4.78, 5) is 54.4. The molecule has 57 heavy (non-hydrogen) atoms. The lowest BCUT2D eigenvalue weighted by Crippen LogP contribution is -2.47. The zero-order chi connectivity index (χ0) is 40.1. The van der Waals surface area contributed by atoms with Crippen molar-refractivity contribution in [3.8, 4) is 0 Å². The number of piperidine rings is 2. The summed E-state index contributed by atoms with van der Waals surface area (Å²) in [7, 11) is 0. The van der Waals surface area contributed by atoms with Crippen LogP contribution in [0.25, 0.3) is 5.65 Å². The van der Waals surface area contributed by atoms with E-state index >= 15 is 0 Å². The number of unbranched alkanes of at least 4 members (excludes halogenated alkanes) is 6. The molecule has 304 valence electrons. The number of likely N-dealkylation sites (tertiary alicyclic amines) is 1. The fourth-order valence-electron chi connectivity index (χ4n) is 8.36. The first-order valence-corrected chi connectivity index (χ1v) is 20.3. The Morgan fingerprint density at radius 3 is 2.37 bits per heavy atom. The van der Waals surface area contributed by atoms with Gasteiger partial charge < -0.3 is 20.2 Å². The molecule has 2 atom stereocenters. The number of anilines is 2. The molecule has 0 bridgehead atoms. The number of fused-ring (bicyclic) bond motifs is 1. The van der Waals surface area contributed by atoms with Gasteiger partial charge in [-0.15, -0.1) is 0 Å². The SMILES string of the molecule is O=C1CCC(Nc2ccc(C3CCN(CCCCCCCCCC(=O)c4cnn5ccc(N6CCC[C@@H]6c6cc(F)ccc6F)nc45)CC3)cc2)C(=O)N1.O=CO. The zero-order valence-electron chi connectivity index (χ0n) is 32.4. The Kier molecular flexibility index (Phi) is 14.7. The molecule has 4 aromatic rings. The van der Waals surface area contributed by atoms with E-state index in [1.807, 2.05) is 23.1 Å². The summed E-state index contributed by atoms with van der Waals surface area (Å²) < 4.78 is 30.2. The molecule has 0 aliphatic carbocycles. The van der Waals surface area contributed by atoms with Gasteiger partial charge >= 0.3 is 0 Å². The summed E-state index contributed by atoms with van der Waals surface area (Å²) in [6, 6.07) is 13.2. The van der Waals surface area contributed by atoms with Crippen molar-refractivity contribution in [1.82, 2.24) is 24.8 Å². The molecule has 3 aliphatic heterocycles. The van der Waals surface area contributed by atoms with Crippen molar-refractivity contribution in [2.24, 2.45) is 0 Å². The van der Waals surface area contributed by atoms with Crippen LogP contribution in [-0.4, -0.2) is 80.9 Å². The smallest absolute Gasteiger partial charge is 0.290 e. The summed E-state index contributed by atoms with van der Waals surface area (Å²) >= 11 is 0. The number of ketones is 1. The molecule has 5 heterocycles. The van der Waals surface area contributed by atoms with Gasteiger partial charge in [-0.05, 0) is 112 Å². The molecule has 3 aliphatic rings. The first-order valence-electron chi connectivity index (χ1n) is 20.3. The van der Waals surface area contributed by atoms with Crippen LogP contribution in [0.4, 0.5) is 20.3 Å². The molecule has 12 nitrogen and oxygen atoms in total. The van der Waals surface area contributed by atoms with Crippen LogP contribution < -0.4 is 15.5 Å². The van der Waals surface area contributed by atoms with E-state index in [1.54, 1.807) is 16.9 Å². The quantitative estimate of drug-likeness (QED) is 0.0453. The summed E-state index contributed by atoms with van der Waals surface area (Å²) in [5.41, 5.74) is 3.60. The fourth-order valence-corrected chi connectivity index (χ4v) is 8.36. The number of Topliss-reactive ketones (excluding diaryl/α,β-unsaturated/α-hetero) is 1.